The predicted molar refractivity (Wildman–Crippen MR) is 67.6 cm³/mol. The average Bonchev–Trinajstić information content (AvgIpc) is 2.63. The first-order valence-electron chi connectivity index (χ1n) is 5.48. The quantitative estimate of drug-likeness (QED) is 0.850. The van der Waals surface area contributed by atoms with Gasteiger partial charge in [0.05, 0.1) is 0 Å². The molecule has 1 fully saturated rings. The van der Waals surface area contributed by atoms with Gasteiger partial charge in [-0.2, -0.15) is 11.8 Å². The van der Waals surface area contributed by atoms with Crippen LogP contribution in [0, 0.1) is 6.92 Å². The molecule has 1 N–H and O–H groups in total. The zero-order valence-electron chi connectivity index (χ0n) is 9.42. The minimum Gasteiger partial charge on any atom is -0.384 e. The average molecular weight is 222 g/mol. The van der Waals surface area contributed by atoms with Gasteiger partial charge < -0.3 is 5.32 Å². The normalized spacial score (nSPS) is 25.5. The van der Waals surface area contributed by atoms with Gasteiger partial charge >= 0.3 is 0 Å². The Morgan fingerprint density at radius 2 is 2.47 bits per heavy atom. The van der Waals surface area contributed by atoms with Gasteiger partial charge in [0.15, 0.2) is 0 Å². The SMILES string of the molecule is Cc1cc(NCC2(C)CCCS2)ccn1. The third-order valence-corrected chi connectivity index (χ3v) is 4.40. The summed E-state index contributed by atoms with van der Waals surface area (Å²) in [5.74, 6) is 1.31. The lowest BCUT2D eigenvalue weighted by Crippen LogP contribution is -2.27. The Morgan fingerprint density at radius 3 is 3.13 bits per heavy atom. The molecule has 15 heavy (non-hydrogen) atoms. The van der Waals surface area contributed by atoms with Crippen molar-refractivity contribution in [2.75, 3.05) is 17.6 Å². The Morgan fingerprint density at radius 1 is 1.60 bits per heavy atom. The molecule has 1 unspecified atom stereocenters. The maximum Gasteiger partial charge on any atom is 0.0393 e. The van der Waals surface area contributed by atoms with Gasteiger partial charge in [0, 0.05) is 28.9 Å². The highest BCUT2D eigenvalue weighted by Crippen LogP contribution is 2.37. The van der Waals surface area contributed by atoms with E-state index in [1.165, 1.54) is 24.3 Å². The minimum atomic E-state index is 0.428. The van der Waals surface area contributed by atoms with Crippen LogP contribution in [0.15, 0.2) is 18.3 Å². The zero-order chi connectivity index (χ0) is 10.7. The lowest BCUT2D eigenvalue weighted by atomic mass is 10.1. The fraction of sp³-hybridized carbons (Fsp3) is 0.583. The second-order valence-electron chi connectivity index (χ2n) is 4.44. The van der Waals surface area contributed by atoms with Crippen molar-refractivity contribution in [1.29, 1.82) is 0 Å². The predicted octanol–water partition coefficient (Wildman–Crippen LogP) is 3.09. The molecular weight excluding hydrogens is 204 g/mol. The van der Waals surface area contributed by atoms with Crippen LogP contribution < -0.4 is 5.32 Å². The molecule has 1 atom stereocenters. The number of aryl methyl sites for hydroxylation is 1. The summed E-state index contributed by atoms with van der Waals surface area (Å²) in [5, 5.41) is 3.51. The van der Waals surface area contributed by atoms with E-state index < -0.39 is 0 Å². The highest BCUT2D eigenvalue weighted by molar-refractivity contribution is 8.00. The number of hydrogen-bond acceptors (Lipinski definition) is 3. The summed E-state index contributed by atoms with van der Waals surface area (Å²) in [6, 6.07) is 4.14. The van der Waals surface area contributed by atoms with Crippen molar-refractivity contribution in [3.8, 4) is 0 Å². The molecule has 1 aromatic rings. The van der Waals surface area contributed by atoms with Crippen molar-refractivity contribution in [3.05, 3.63) is 24.0 Å². The van der Waals surface area contributed by atoms with Crippen LogP contribution in [0.3, 0.4) is 0 Å². The van der Waals surface area contributed by atoms with Crippen LogP contribution >= 0.6 is 11.8 Å². The van der Waals surface area contributed by atoms with Gasteiger partial charge in [-0.1, -0.05) is 0 Å². The van der Waals surface area contributed by atoms with Gasteiger partial charge in [0.25, 0.3) is 0 Å². The number of nitrogens with zero attached hydrogens (tertiary/aromatic N) is 1. The summed E-state index contributed by atoms with van der Waals surface area (Å²) >= 11 is 2.09. The summed E-state index contributed by atoms with van der Waals surface area (Å²) in [6.45, 7) is 5.43. The summed E-state index contributed by atoms with van der Waals surface area (Å²) < 4.78 is 0.428. The summed E-state index contributed by atoms with van der Waals surface area (Å²) in [6.07, 6.45) is 4.55. The number of anilines is 1. The molecule has 0 bridgehead atoms. The topological polar surface area (TPSA) is 24.9 Å². The standard InChI is InChI=1S/C12H18N2S/c1-10-8-11(4-6-13-10)14-9-12(2)5-3-7-15-12/h4,6,8H,3,5,7,9H2,1-2H3,(H,13,14). The highest BCUT2D eigenvalue weighted by Gasteiger charge is 2.28. The Kier molecular flexibility index (Phi) is 3.19. The second-order valence-corrected chi connectivity index (χ2v) is 6.12. The van der Waals surface area contributed by atoms with Gasteiger partial charge in [-0.3, -0.25) is 4.98 Å². The molecular formula is C12H18N2S. The van der Waals surface area contributed by atoms with Crippen molar-refractivity contribution < 1.29 is 0 Å². The zero-order valence-corrected chi connectivity index (χ0v) is 10.2. The van der Waals surface area contributed by atoms with Crippen LogP contribution in [-0.4, -0.2) is 22.0 Å². The first-order valence-corrected chi connectivity index (χ1v) is 6.47. The van der Waals surface area contributed by atoms with E-state index in [1.807, 2.05) is 19.2 Å². The van der Waals surface area contributed by atoms with Crippen LogP contribution in [0.1, 0.15) is 25.5 Å². The first kappa shape index (κ1) is 10.8. The monoisotopic (exact) mass is 222 g/mol. The molecule has 1 saturated heterocycles. The van der Waals surface area contributed by atoms with Crippen molar-refractivity contribution in [3.63, 3.8) is 0 Å². The van der Waals surface area contributed by atoms with Crippen molar-refractivity contribution in [2.45, 2.75) is 31.4 Å². The van der Waals surface area contributed by atoms with Crippen molar-refractivity contribution >= 4 is 17.4 Å². The van der Waals surface area contributed by atoms with E-state index in [0.717, 1.165) is 12.2 Å². The number of pyridine rings is 1. The fourth-order valence-electron chi connectivity index (χ4n) is 1.92. The smallest absolute Gasteiger partial charge is 0.0393 e. The molecule has 1 aromatic heterocycles. The molecule has 1 aliphatic heterocycles. The Balaban J connectivity index is 1.92. The number of aromatic nitrogens is 1. The molecule has 0 saturated carbocycles. The molecule has 2 heterocycles. The van der Waals surface area contributed by atoms with E-state index in [1.54, 1.807) is 0 Å². The Labute approximate surface area is 95.9 Å². The lowest BCUT2D eigenvalue weighted by Gasteiger charge is -2.23. The third kappa shape index (κ3) is 2.88. The van der Waals surface area contributed by atoms with E-state index in [4.69, 9.17) is 0 Å². The highest BCUT2D eigenvalue weighted by atomic mass is 32.2. The Bertz CT molecular complexity index is 332. The van der Waals surface area contributed by atoms with Crippen molar-refractivity contribution in [1.82, 2.24) is 4.98 Å². The maximum absolute atomic E-state index is 4.19. The summed E-state index contributed by atoms with van der Waals surface area (Å²) in [7, 11) is 0. The lowest BCUT2D eigenvalue weighted by molar-refractivity contribution is 0.635. The van der Waals surface area contributed by atoms with Gasteiger partial charge in [-0.15, -0.1) is 0 Å². The number of nitrogens with one attached hydrogen (secondary N) is 1. The molecule has 0 aromatic carbocycles. The summed E-state index contributed by atoms with van der Waals surface area (Å²) in [4.78, 5) is 4.19. The van der Waals surface area contributed by atoms with E-state index in [2.05, 4.69) is 35.1 Å². The molecule has 0 spiro atoms. The molecule has 0 aliphatic carbocycles. The molecule has 3 heteroatoms. The van der Waals surface area contributed by atoms with Crippen molar-refractivity contribution in [2.24, 2.45) is 0 Å². The van der Waals surface area contributed by atoms with Gasteiger partial charge in [-0.05, 0) is 44.6 Å². The number of thioether (sulfide) groups is 1. The molecule has 2 nitrogen and oxygen atoms in total. The summed E-state index contributed by atoms with van der Waals surface area (Å²) in [5.41, 5.74) is 2.26. The molecule has 1 aliphatic rings. The number of hydrogen-bond donors (Lipinski definition) is 1. The second kappa shape index (κ2) is 4.44. The van der Waals surface area contributed by atoms with Crippen LogP contribution in [0.2, 0.25) is 0 Å². The third-order valence-electron chi connectivity index (χ3n) is 2.86. The van der Waals surface area contributed by atoms with E-state index in [-0.39, 0.29) is 0 Å². The molecule has 0 radical (unpaired) electrons. The molecule has 82 valence electrons. The number of rotatable bonds is 3. The maximum atomic E-state index is 4.19. The van der Waals surface area contributed by atoms with Crippen LogP contribution in [0.25, 0.3) is 0 Å². The van der Waals surface area contributed by atoms with E-state index in [9.17, 15) is 0 Å². The van der Waals surface area contributed by atoms with E-state index >= 15 is 0 Å². The van der Waals surface area contributed by atoms with Crippen LogP contribution in [0.5, 0.6) is 0 Å². The fourth-order valence-corrected chi connectivity index (χ4v) is 3.17. The Hall–Kier alpha value is -0.700. The van der Waals surface area contributed by atoms with Gasteiger partial charge in [0.2, 0.25) is 0 Å². The van der Waals surface area contributed by atoms with Gasteiger partial charge in [-0.25, -0.2) is 0 Å². The van der Waals surface area contributed by atoms with E-state index in [0.29, 0.717) is 4.75 Å². The van der Waals surface area contributed by atoms with Gasteiger partial charge in [0.1, 0.15) is 0 Å². The van der Waals surface area contributed by atoms with Crippen LogP contribution in [0.4, 0.5) is 5.69 Å². The molecule has 0 amide bonds. The van der Waals surface area contributed by atoms with Crippen LogP contribution in [-0.2, 0) is 0 Å². The molecule has 2 rings (SSSR count). The largest absolute Gasteiger partial charge is 0.384 e. The first-order chi connectivity index (χ1) is 7.18. The minimum absolute atomic E-state index is 0.428.